The van der Waals surface area contributed by atoms with Gasteiger partial charge in [-0.3, -0.25) is 4.79 Å². The first-order chi connectivity index (χ1) is 13.6. The molecule has 1 saturated heterocycles. The van der Waals surface area contributed by atoms with Gasteiger partial charge in [0.2, 0.25) is 0 Å². The highest BCUT2D eigenvalue weighted by molar-refractivity contribution is 8.18. The molecular formula is C19H19FN4O3S. The normalized spacial score (nSPS) is 20.8. The van der Waals surface area contributed by atoms with Crippen molar-refractivity contribution >= 4 is 41.2 Å². The van der Waals surface area contributed by atoms with Gasteiger partial charge in [0.25, 0.3) is 5.91 Å². The summed E-state index contributed by atoms with van der Waals surface area (Å²) in [7, 11) is 0. The number of thioether (sulfide) groups is 1. The van der Waals surface area contributed by atoms with Gasteiger partial charge in [-0.25, -0.2) is 14.2 Å². The van der Waals surface area contributed by atoms with Crippen molar-refractivity contribution in [2.24, 2.45) is 10.1 Å². The zero-order chi connectivity index (χ0) is 19.5. The molecule has 0 aromatic heterocycles. The highest BCUT2D eigenvalue weighted by Gasteiger charge is 2.27. The number of halogens is 1. The number of amidine groups is 1. The van der Waals surface area contributed by atoms with E-state index >= 15 is 0 Å². The van der Waals surface area contributed by atoms with Crippen molar-refractivity contribution in [3.8, 4) is 5.75 Å². The van der Waals surface area contributed by atoms with Crippen molar-refractivity contribution < 1.29 is 18.7 Å². The molecule has 28 heavy (non-hydrogen) atoms. The van der Waals surface area contributed by atoms with E-state index in [-0.39, 0.29) is 11.7 Å². The number of likely N-dealkylation sites (tertiary alicyclic amines) is 1. The molecule has 7 nitrogen and oxygen atoms in total. The molecule has 9 heteroatoms. The van der Waals surface area contributed by atoms with Crippen molar-refractivity contribution in [3.63, 3.8) is 0 Å². The fourth-order valence-electron chi connectivity index (χ4n) is 3.12. The van der Waals surface area contributed by atoms with E-state index in [1.54, 1.807) is 22.2 Å². The average molecular weight is 402 g/mol. The van der Waals surface area contributed by atoms with Crippen LogP contribution in [-0.4, -0.2) is 52.9 Å². The van der Waals surface area contributed by atoms with Crippen molar-refractivity contribution in [2.45, 2.75) is 25.7 Å². The lowest BCUT2D eigenvalue weighted by atomic mass is 10.2. The van der Waals surface area contributed by atoms with Gasteiger partial charge in [0.05, 0.1) is 4.91 Å². The Morgan fingerprint density at radius 1 is 1.21 bits per heavy atom. The van der Waals surface area contributed by atoms with Crippen LogP contribution in [0.4, 0.5) is 9.18 Å². The van der Waals surface area contributed by atoms with Crippen molar-refractivity contribution in [1.82, 2.24) is 9.91 Å². The lowest BCUT2D eigenvalue weighted by molar-refractivity contribution is -0.113. The van der Waals surface area contributed by atoms with E-state index in [4.69, 9.17) is 4.74 Å². The Morgan fingerprint density at radius 2 is 2.04 bits per heavy atom. The predicted molar refractivity (Wildman–Crippen MR) is 106 cm³/mol. The molecule has 0 atom stereocenters. The van der Waals surface area contributed by atoms with Gasteiger partial charge in [-0.2, -0.15) is 10.1 Å². The highest BCUT2D eigenvalue weighted by Crippen LogP contribution is 2.33. The van der Waals surface area contributed by atoms with E-state index in [1.807, 2.05) is 0 Å². The summed E-state index contributed by atoms with van der Waals surface area (Å²) in [6.07, 6.45) is 6.58. The van der Waals surface area contributed by atoms with Crippen LogP contribution in [0.2, 0.25) is 0 Å². The Morgan fingerprint density at radius 3 is 2.79 bits per heavy atom. The first-order valence-corrected chi connectivity index (χ1v) is 10.0. The van der Waals surface area contributed by atoms with Crippen LogP contribution in [-0.2, 0) is 4.79 Å². The van der Waals surface area contributed by atoms with E-state index in [2.05, 4.69) is 10.1 Å². The van der Waals surface area contributed by atoms with E-state index in [9.17, 15) is 14.0 Å². The van der Waals surface area contributed by atoms with Crippen LogP contribution in [0.5, 0.6) is 5.75 Å². The predicted octanol–water partition coefficient (Wildman–Crippen LogP) is 3.47. The first-order valence-electron chi connectivity index (χ1n) is 9.19. The van der Waals surface area contributed by atoms with E-state index in [0.29, 0.717) is 35.3 Å². The van der Waals surface area contributed by atoms with Crippen LogP contribution in [0.15, 0.2) is 33.2 Å². The molecule has 0 N–H and O–H groups in total. The number of hydrogen-bond donors (Lipinski definition) is 0. The third kappa shape index (κ3) is 4.09. The zero-order valence-electron chi connectivity index (χ0n) is 15.1. The molecule has 3 aliphatic rings. The third-order valence-corrected chi connectivity index (χ3v) is 5.57. The second-order valence-corrected chi connectivity index (χ2v) is 7.63. The highest BCUT2D eigenvalue weighted by atomic mass is 32.2. The maximum Gasteiger partial charge on any atom is 0.415 e. The standard InChI is InChI=1S/C19H19FN4O3S/c20-14-6-5-13(15(12-14)27-19(26)23-8-3-4-9-23)11-16-17(25)22-18(28-16)24-10-2-1-7-21-24/h5-7,11-12H,1-4,8-10H2/b16-11-. The van der Waals surface area contributed by atoms with Gasteiger partial charge in [0, 0.05) is 37.5 Å². The number of nitrogens with zero attached hydrogens (tertiary/aromatic N) is 4. The van der Waals surface area contributed by atoms with E-state index in [1.165, 1.54) is 23.9 Å². The lowest BCUT2D eigenvalue weighted by Crippen LogP contribution is -2.30. The van der Waals surface area contributed by atoms with Crippen LogP contribution in [0.25, 0.3) is 6.08 Å². The molecule has 0 aliphatic carbocycles. The number of aliphatic imine (C=N–C) groups is 1. The molecule has 0 spiro atoms. The second-order valence-electron chi connectivity index (χ2n) is 6.62. The summed E-state index contributed by atoms with van der Waals surface area (Å²) in [6, 6.07) is 3.90. The summed E-state index contributed by atoms with van der Waals surface area (Å²) in [5, 5.41) is 6.47. The molecule has 1 aromatic carbocycles. The van der Waals surface area contributed by atoms with Gasteiger partial charge in [0.15, 0.2) is 5.17 Å². The molecule has 4 rings (SSSR count). The van der Waals surface area contributed by atoms with Gasteiger partial charge < -0.3 is 9.64 Å². The number of amides is 2. The van der Waals surface area contributed by atoms with E-state index in [0.717, 1.165) is 31.7 Å². The number of carbonyl (C=O) groups excluding carboxylic acids is 2. The second kappa shape index (κ2) is 8.14. The lowest BCUT2D eigenvalue weighted by Gasteiger charge is -2.20. The van der Waals surface area contributed by atoms with E-state index < -0.39 is 11.9 Å². The minimum atomic E-state index is -0.517. The summed E-state index contributed by atoms with van der Waals surface area (Å²) in [6.45, 7) is 1.97. The maximum atomic E-state index is 13.7. The molecule has 0 bridgehead atoms. The molecule has 0 radical (unpaired) electrons. The molecule has 3 heterocycles. The Hall–Kier alpha value is -2.68. The molecule has 3 aliphatic heterocycles. The fraction of sp³-hybridized carbons (Fsp3) is 0.368. The molecule has 0 saturated carbocycles. The number of rotatable bonds is 2. The maximum absolute atomic E-state index is 13.7. The molecule has 0 unspecified atom stereocenters. The Balaban J connectivity index is 1.54. The largest absolute Gasteiger partial charge is 0.415 e. The zero-order valence-corrected chi connectivity index (χ0v) is 16.0. The third-order valence-electron chi connectivity index (χ3n) is 4.58. The van der Waals surface area contributed by atoms with Gasteiger partial charge in [-0.1, -0.05) is 0 Å². The molecule has 1 aromatic rings. The van der Waals surface area contributed by atoms with Gasteiger partial charge in [0.1, 0.15) is 11.6 Å². The van der Waals surface area contributed by atoms with Gasteiger partial charge in [-0.05, 0) is 55.7 Å². The number of hydrogen-bond acceptors (Lipinski definition) is 6. The summed E-state index contributed by atoms with van der Waals surface area (Å²) in [5.74, 6) is -0.819. The quantitative estimate of drug-likeness (QED) is 0.708. The van der Waals surface area contributed by atoms with Crippen LogP contribution in [0.3, 0.4) is 0 Å². The summed E-state index contributed by atoms with van der Waals surface area (Å²) >= 11 is 1.21. The van der Waals surface area contributed by atoms with Crippen molar-refractivity contribution in [1.29, 1.82) is 0 Å². The molecule has 146 valence electrons. The van der Waals surface area contributed by atoms with Crippen LogP contribution < -0.4 is 4.74 Å². The Labute approximate surface area is 165 Å². The average Bonchev–Trinajstić information content (AvgIpc) is 3.35. The topological polar surface area (TPSA) is 74.6 Å². The van der Waals surface area contributed by atoms with Crippen LogP contribution in [0, 0.1) is 5.82 Å². The Bertz CT molecular complexity index is 893. The minimum absolute atomic E-state index is 0.0854. The summed E-state index contributed by atoms with van der Waals surface area (Å²) < 4.78 is 19.1. The smallest absolute Gasteiger partial charge is 0.409 e. The summed E-state index contributed by atoms with van der Waals surface area (Å²) in [5.41, 5.74) is 0.448. The van der Waals surface area contributed by atoms with Crippen molar-refractivity contribution in [2.75, 3.05) is 19.6 Å². The van der Waals surface area contributed by atoms with Crippen molar-refractivity contribution in [3.05, 3.63) is 34.5 Å². The molecule has 2 amide bonds. The first kappa shape index (κ1) is 18.7. The number of ether oxygens (including phenoxy) is 1. The fourth-order valence-corrected chi connectivity index (χ4v) is 4.00. The van der Waals surface area contributed by atoms with Crippen LogP contribution >= 0.6 is 11.8 Å². The molecule has 1 fully saturated rings. The van der Waals surface area contributed by atoms with Crippen LogP contribution in [0.1, 0.15) is 31.2 Å². The van der Waals surface area contributed by atoms with Gasteiger partial charge >= 0.3 is 6.09 Å². The monoisotopic (exact) mass is 402 g/mol. The Kier molecular flexibility index (Phi) is 5.43. The summed E-state index contributed by atoms with van der Waals surface area (Å²) in [4.78, 5) is 30.6. The van der Waals surface area contributed by atoms with Gasteiger partial charge in [-0.15, -0.1) is 0 Å². The number of benzene rings is 1. The number of hydrazone groups is 1. The minimum Gasteiger partial charge on any atom is -0.409 e. The SMILES string of the molecule is O=C1N=C(N2CCCC=N2)S/C1=C\c1ccc(F)cc1OC(=O)N1CCCC1. The number of carbonyl (C=O) groups is 2. The molecular weight excluding hydrogens is 383 g/mol.